The van der Waals surface area contributed by atoms with E-state index in [-0.39, 0.29) is 11.1 Å². The predicted molar refractivity (Wildman–Crippen MR) is 62.6 cm³/mol. The van der Waals surface area contributed by atoms with Crippen LogP contribution in [0.5, 0.6) is 5.75 Å². The van der Waals surface area contributed by atoms with Gasteiger partial charge in [0.1, 0.15) is 11.8 Å². The fourth-order valence-corrected chi connectivity index (χ4v) is 3.14. The van der Waals surface area contributed by atoms with E-state index < -0.39 is 12.0 Å². The Hall–Kier alpha value is -1.20. The molecule has 1 aromatic carbocycles. The Labute approximate surface area is 97.7 Å². The lowest BCUT2D eigenvalue weighted by Gasteiger charge is -2.15. The first kappa shape index (κ1) is 11.3. The van der Waals surface area contributed by atoms with Gasteiger partial charge in [0.05, 0.1) is 5.37 Å². The minimum absolute atomic E-state index is 0.137. The number of aryl methyl sites for hydroxylation is 1. The van der Waals surface area contributed by atoms with Crippen molar-refractivity contribution in [2.24, 2.45) is 0 Å². The molecule has 2 unspecified atom stereocenters. The number of carbonyl (C=O) groups is 1. The van der Waals surface area contributed by atoms with Crippen LogP contribution < -0.4 is 5.32 Å². The Morgan fingerprint density at radius 3 is 2.88 bits per heavy atom. The summed E-state index contributed by atoms with van der Waals surface area (Å²) >= 11 is 1.51. The number of hydrogen-bond donors (Lipinski definition) is 3. The van der Waals surface area contributed by atoms with Gasteiger partial charge in [-0.15, -0.1) is 11.8 Å². The lowest BCUT2D eigenvalue weighted by atomic mass is 10.1. The minimum Gasteiger partial charge on any atom is -0.508 e. The zero-order valence-electron chi connectivity index (χ0n) is 8.80. The molecule has 0 aliphatic carbocycles. The van der Waals surface area contributed by atoms with E-state index >= 15 is 0 Å². The molecule has 16 heavy (non-hydrogen) atoms. The highest BCUT2D eigenvalue weighted by Crippen LogP contribution is 2.38. The maximum atomic E-state index is 10.8. The zero-order chi connectivity index (χ0) is 11.7. The second-order valence-electron chi connectivity index (χ2n) is 3.78. The summed E-state index contributed by atoms with van der Waals surface area (Å²) in [7, 11) is 0. The third-order valence-electron chi connectivity index (χ3n) is 2.64. The lowest BCUT2D eigenvalue weighted by molar-refractivity contribution is -0.138. The maximum Gasteiger partial charge on any atom is 0.321 e. The Morgan fingerprint density at radius 1 is 1.56 bits per heavy atom. The number of nitrogens with one attached hydrogen (secondary N) is 1. The van der Waals surface area contributed by atoms with Gasteiger partial charge in [0.25, 0.3) is 0 Å². The molecule has 0 bridgehead atoms. The summed E-state index contributed by atoms with van der Waals surface area (Å²) in [6.45, 7) is 1.91. The van der Waals surface area contributed by atoms with Crippen LogP contribution in [0, 0.1) is 6.92 Å². The number of phenols is 1. The van der Waals surface area contributed by atoms with Crippen molar-refractivity contribution in [3.63, 3.8) is 0 Å². The quantitative estimate of drug-likeness (QED) is 0.729. The van der Waals surface area contributed by atoms with Crippen molar-refractivity contribution in [3.8, 4) is 5.75 Å². The predicted octanol–water partition coefficient (Wildman–Crippen LogP) is 1.49. The molecule has 1 saturated heterocycles. The van der Waals surface area contributed by atoms with Crippen molar-refractivity contribution in [3.05, 3.63) is 29.3 Å². The highest BCUT2D eigenvalue weighted by Gasteiger charge is 2.32. The van der Waals surface area contributed by atoms with E-state index in [0.29, 0.717) is 5.75 Å². The molecule has 1 aliphatic heterocycles. The van der Waals surface area contributed by atoms with Crippen LogP contribution in [-0.2, 0) is 4.79 Å². The summed E-state index contributed by atoms with van der Waals surface area (Å²) in [5.74, 6) is -0.104. The van der Waals surface area contributed by atoms with Gasteiger partial charge in [0.15, 0.2) is 0 Å². The molecular weight excluding hydrogens is 226 g/mol. The molecule has 0 aromatic heterocycles. The third kappa shape index (κ3) is 2.01. The van der Waals surface area contributed by atoms with Gasteiger partial charge in [-0.25, -0.2) is 0 Å². The van der Waals surface area contributed by atoms with Crippen molar-refractivity contribution >= 4 is 17.7 Å². The van der Waals surface area contributed by atoms with E-state index in [4.69, 9.17) is 5.11 Å². The van der Waals surface area contributed by atoms with Crippen LogP contribution in [0.2, 0.25) is 0 Å². The number of thioether (sulfide) groups is 1. The van der Waals surface area contributed by atoms with Gasteiger partial charge in [0.2, 0.25) is 0 Å². The van der Waals surface area contributed by atoms with Crippen LogP contribution in [-0.4, -0.2) is 28.0 Å². The van der Waals surface area contributed by atoms with Gasteiger partial charge in [0, 0.05) is 11.3 Å². The maximum absolute atomic E-state index is 10.8. The molecule has 0 amide bonds. The van der Waals surface area contributed by atoms with Crippen LogP contribution >= 0.6 is 11.8 Å². The summed E-state index contributed by atoms with van der Waals surface area (Å²) in [6, 6.07) is 4.78. The summed E-state index contributed by atoms with van der Waals surface area (Å²) in [4.78, 5) is 10.8. The number of aromatic hydroxyl groups is 1. The largest absolute Gasteiger partial charge is 0.508 e. The van der Waals surface area contributed by atoms with Gasteiger partial charge in [-0.2, -0.15) is 0 Å². The molecule has 2 rings (SSSR count). The van der Waals surface area contributed by atoms with Gasteiger partial charge < -0.3 is 10.2 Å². The SMILES string of the molecule is Cc1cccc(O)c1C1NC(C(=O)O)CS1. The molecule has 0 radical (unpaired) electrons. The first-order chi connectivity index (χ1) is 7.59. The molecule has 1 aliphatic rings. The first-order valence-electron chi connectivity index (χ1n) is 4.98. The van der Waals surface area contributed by atoms with Crippen molar-refractivity contribution in [2.75, 3.05) is 5.75 Å². The molecule has 3 N–H and O–H groups in total. The first-order valence-corrected chi connectivity index (χ1v) is 6.03. The fourth-order valence-electron chi connectivity index (χ4n) is 1.79. The van der Waals surface area contributed by atoms with Crippen molar-refractivity contribution < 1.29 is 15.0 Å². The number of carboxylic acids is 1. The van der Waals surface area contributed by atoms with Gasteiger partial charge in [-0.3, -0.25) is 10.1 Å². The second-order valence-corrected chi connectivity index (χ2v) is 4.92. The van der Waals surface area contributed by atoms with Gasteiger partial charge in [-0.05, 0) is 18.6 Å². The molecule has 1 fully saturated rings. The molecule has 0 spiro atoms. The van der Waals surface area contributed by atoms with Crippen LogP contribution in [0.4, 0.5) is 0 Å². The van der Waals surface area contributed by atoms with E-state index in [9.17, 15) is 9.90 Å². The van der Waals surface area contributed by atoms with Gasteiger partial charge in [-0.1, -0.05) is 12.1 Å². The molecule has 86 valence electrons. The number of hydrogen-bond acceptors (Lipinski definition) is 4. The molecule has 0 saturated carbocycles. The smallest absolute Gasteiger partial charge is 0.321 e. The van der Waals surface area contributed by atoms with Crippen molar-refractivity contribution in [1.82, 2.24) is 5.32 Å². The second kappa shape index (κ2) is 4.35. The monoisotopic (exact) mass is 239 g/mol. The Balaban J connectivity index is 2.24. The molecular formula is C11H13NO3S. The van der Waals surface area contributed by atoms with E-state index in [0.717, 1.165) is 11.1 Å². The van der Waals surface area contributed by atoms with Crippen molar-refractivity contribution in [1.29, 1.82) is 0 Å². The minimum atomic E-state index is -0.844. The van der Waals surface area contributed by atoms with Crippen molar-refractivity contribution in [2.45, 2.75) is 18.3 Å². The van der Waals surface area contributed by atoms with Crippen LogP contribution in [0.3, 0.4) is 0 Å². The summed E-state index contributed by atoms with van der Waals surface area (Å²) < 4.78 is 0. The number of phenolic OH excluding ortho intramolecular Hbond substituents is 1. The normalized spacial score (nSPS) is 24.6. The summed E-state index contributed by atoms with van der Waals surface area (Å²) in [6.07, 6.45) is 0. The van der Waals surface area contributed by atoms with Gasteiger partial charge >= 0.3 is 5.97 Å². The number of rotatable bonds is 2. The Bertz CT molecular complexity index is 401. The zero-order valence-corrected chi connectivity index (χ0v) is 9.62. The molecule has 1 aromatic rings. The molecule has 1 heterocycles. The molecule has 5 heteroatoms. The Kier molecular flexibility index (Phi) is 3.07. The highest BCUT2D eigenvalue weighted by atomic mass is 32.2. The summed E-state index contributed by atoms with van der Waals surface area (Å²) in [5.41, 5.74) is 1.76. The highest BCUT2D eigenvalue weighted by molar-refractivity contribution is 7.99. The van der Waals surface area contributed by atoms with E-state index in [2.05, 4.69) is 5.32 Å². The number of benzene rings is 1. The van der Waals surface area contributed by atoms with E-state index in [1.165, 1.54) is 11.8 Å². The lowest BCUT2D eigenvalue weighted by Crippen LogP contribution is -2.33. The number of carboxylic acid groups (broad SMARTS) is 1. The van der Waals surface area contributed by atoms with E-state index in [1.54, 1.807) is 12.1 Å². The Morgan fingerprint density at radius 2 is 2.31 bits per heavy atom. The fraction of sp³-hybridized carbons (Fsp3) is 0.364. The van der Waals surface area contributed by atoms with E-state index in [1.807, 2.05) is 13.0 Å². The molecule has 2 atom stereocenters. The topological polar surface area (TPSA) is 69.6 Å². The third-order valence-corrected chi connectivity index (χ3v) is 3.87. The summed E-state index contributed by atoms with van der Waals surface area (Å²) in [5, 5.41) is 21.5. The van der Waals surface area contributed by atoms with Crippen LogP contribution in [0.15, 0.2) is 18.2 Å². The molecule has 4 nitrogen and oxygen atoms in total. The average molecular weight is 239 g/mol. The average Bonchev–Trinajstić information content (AvgIpc) is 2.66. The van der Waals surface area contributed by atoms with Crippen LogP contribution in [0.1, 0.15) is 16.5 Å². The standard InChI is InChI=1S/C11H13NO3S/c1-6-3-2-4-8(13)9(6)10-12-7(5-16-10)11(14)15/h2-4,7,10,12-13H,5H2,1H3,(H,14,15). The van der Waals surface area contributed by atoms with Crippen LogP contribution in [0.25, 0.3) is 0 Å². The number of aliphatic carboxylic acids is 1.